The number of benzene rings is 1. The van der Waals surface area contributed by atoms with E-state index in [2.05, 4.69) is 17.1 Å². The lowest BCUT2D eigenvalue weighted by Gasteiger charge is -2.15. The van der Waals surface area contributed by atoms with Crippen molar-refractivity contribution >= 4 is 5.97 Å². The van der Waals surface area contributed by atoms with Crippen molar-refractivity contribution in [2.75, 3.05) is 6.61 Å². The van der Waals surface area contributed by atoms with Gasteiger partial charge in [-0.25, -0.2) is 0 Å². The molecular formula is C17H19NO2. The van der Waals surface area contributed by atoms with E-state index in [1.165, 1.54) is 5.56 Å². The molecule has 3 heteroatoms. The highest BCUT2D eigenvalue weighted by atomic mass is 16.5. The van der Waals surface area contributed by atoms with Crippen LogP contribution >= 0.6 is 0 Å². The van der Waals surface area contributed by atoms with Crippen LogP contribution in [-0.2, 0) is 16.0 Å². The van der Waals surface area contributed by atoms with Gasteiger partial charge in [0.15, 0.2) is 0 Å². The van der Waals surface area contributed by atoms with Crippen LogP contribution in [0.1, 0.15) is 30.4 Å². The molecule has 0 saturated heterocycles. The van der Waals surface area contributed by atoms with Gasteiger partial charge in [0.25, 0.3) is 0 Å². The molecule has 0 amide bonds. The number of aromatic nitrogens is 1. The Hall–Kier alpha value is -2.16. The summed E-state index contributed by atoms with van der Waals surface area (Å²) in [5.74, 6) is -0.382. The van der Waals surface area contributed by atoms with Crippen LogP contribution in [0.3, 0.4) is 0 Å². The van der Waals surface area contributed by atoms with Crippen LogP contribution in [-0.4, -0.2) is 17.6 Å². The molecule has 0 spiro atoms. The standard InChI is InChI=1S/C17H19NO2/c1-2-20-17(19)16(15-10-12-18-13-11-15)9-8-14-6-4-3-5-7-14/h3-7,10-13,16H,2,8-9H2,1H3. The minimum Gasteiger partial charge on any atom is -0.466 e. The Morgan fingerprint density at radius 2 is 1.85 bits per heavy atom. The van der Waals surface area contributed by atoms with Gasteiger partial charge >= 0.3 is 5.97 Å². The summed E-state index contributed by atoms with van der Waals surface area (Å²) in [4.78, 5) is 16.1. The molecule has 0 saturated carbocycles. The van der Waals surface area contributed by atoms with Gasteiger partial charge in [-0.3, -0.25) is 9.78 Å². The van der Waals surface area contributed by atoms with E-state index >= 15 is 0 Å². The normalized spacial score (nSPS) is 11.8. The predicted molar refractivity (Wildman–Crippen MR) is 78.4 cm³/mol. The van der Waals surface area contributed by atoms with Crippen LogP contribution in [0.5, 0.6) is 0 Å². The Morgan fingerprint density at radius 1 is 1.15 bits per heavy atom. The van der Waals surface area contributed by atoms with Gasteiger partial charge in [-0.15, -0.1) is 0 Å². The topological polar surface area (TPSA) is 39.2 Å². The number of ether oxygens (including phenoxy) is 1. The third kappa shape index (κ3) is 3.92. The van der Waals surface area contributed by atoms with Crippen molar-refractivity contribution in [2.45, 2.75) is 25.7 Å². The lowest BCUT2D eigenvalue weighted by Crippen LogP contribution is -2.17. The number of hydrogen-bond donors (Lipinski definition) is 0. The van der Waals surface area contributed by atoms with Crippen molar-refractivity contribution in [3.63, 3.8) is 0 Å². The van der Waals surface area contributed by atoms with Gasteiger partial charge in [0, 0.05) is 12.4 Å². The Labute approximate surface area is 119 Å². The fourth-order valence-corrected chi connectivity index (χ4v) is 2.21. The van der Waals surface area contributed by atoms with Crippen molar-refractivity contribution in [1.82, 2.24) is 4.98 Å². The highest BCUT2D eigenvalue weighted by Gasteiger charge is 2.21. The molecule has 1 aromatic heterocycles. The molecule has 1 aromatic carbocycles. The summed E-state index contributed by atoms with van der Waals surface area (Å²) >= 11 is 0. The number of nitrogens with zero attached hydrogens (tertiary/aromatic N) is 1. The number of hydrogen-bond acceptors (Lipinski definition) is 3. The minimum absolute atomic E-state index is 0.158. The quantitative estimate of drug-likeness (QED) is 0.755. The summed E-state index contributed by atoms with van der Waals surface area (Å²) < 4.78 is 5.19. The molecule has 1 heterocycles. The predicted octanol–water partition coefficient (Wildman–Crippen LogP) is 3.36. The summed E-state index contributed by atoms with van der Waals surface area (Å²) in [6.07, 6.45) is 5.02. The number of rotatable bonds is 6. The lowest BCUT2D eigenvalue weighted by atomic mass is 9.93. The van der Waals surface area contributed by atoms with Crippen LogP contribution < -0.4 is 0 Å². The molecule has 0 aliphatic rings. The van der Waals surface area contributed by atoms with Crippen LogP contribution in [0.2, 0.25) is 0 Å². The van der Waals surface area contributed by atoms with Crippen molar-refractivity contribution in [3.8, 4) is 0 Å². The molecule has 2 aromatic rings. The van der Waals surface area contributed by atoms with Gasteiger partial charge in [0.1, 0.15) is 0 Å². The van der Waals surface area contributed by atoms with Gasteiger partial charge in [-0.1, -0.05) is 30.3 Å². The Morgan fingerprint density at radius 3 is 2.50 bits per heavy atom. The maximum absolute atomic E-state index is 12.1. The third-order valence-corrected chi connectivity index (χ3v) is 3.24. The molecular weight excluding hydrogens is 250 g/mol. The average Bonchev–Trinajstić information content (AvgIpc) is 2.50. The third-order valence-electron chi connectivity index (χ3n) is 3.24. The van der Waals surface area contributed by atoms with Gasteiger partial charge < -0.3 is 4.74 Å². The van der Waals surface area contributed by atoms with E-state index < -0.39 is 0 Å². The van der Waals surface area contributed by atoms with E-state index in [0.717, 1.165) is 18.4 Å². The second kappa shape index (κ2) is 7.43. The van der Waals surface area contributed by atoms with Crippen molar-refractivity contribution < 1.29 is 9.53 Å². The summed E-state index contributed by atoms with van der Waals surface area (Å²) in [5, 5.41) is 0. The van der Waals surface area contributed by atoms with E-state index in [4.69, 9.17) is 4.74 Å². The fraction of sp³-hybridized carbons (Fsp3) is 0.294. The summed E-state index contributed by atoms with van der Waals surface area (Å²) in [6.45, 7) is 2.24. The number of aryl methyl sites for hydroxylation is 1. The van der Waals surface area contributed by atoms with Gasteiger partial charge in [0.05, 0.1) is 12.5 Å². The summed E-state index contributed by atoms with van der Waals surface area (Å²) in [7, 11) is 0. The Kier molecular flexibility index (Phi) is 5.30. The molecule has 0 radical (unpaired) electrons. The zero-order valence-corrected chi connectivity index (χ0v) is 11.7. The van der Waals surface area contributed by atoms with E-state index in [-0.39, 0.29) is 11.9 Å². The van der Waals surface area contributed by atoms with Crippen LogP contribution in [0.4, 0.5) is 0 Å². The molecule has 3 nitrogen and oxygen atoms in total. The van der Waals surface area contributed by atoms with Crippen molar-refractivity contribution in [1.29, 1.82) is 0 Å². The van der Waals surface area contributed by atoms with Crippen LogP contribution in [0.15, 0.2) is 54.9 Å². The maximum atomic E-state index is 12.1. The van der Waals surface area contributed by atoms with E-state index in [1.54, 1.807) is 12.4 Å². The van der Waals surface area contributed by atoms with Crippen molar-refractivity contribution in [2.24, 2.45) is 0 Å². The monoisotopic (exact) mass is 269 g/mol. The largest absolute Gasteiger partial charge is 0.466 e. The molecule has 1 atom stereocenters. The molecule has 0 bridgehead atoms. The average molecular weight is 269 g/mol. The van der Waals surface area contributed by atoms with Crippen molar-refractivity contribution in [3.05, 3.63) is 66.0 Å². The molecule has 0 N–H and O–H groups in total. The number of carbonyl (C=O) groups is 1. The minimum atomic E-state index is -0.224. The molecule has 0 aliphatic heterocycles. The first-order valence-electron chi connectivity index (χ1n) is 6.91. The molecule has 0 fully saturated rings. The van der Waals surface area contributed by atoms with E-state index in [9.17, 15) is 4.79 Å². The van der Waals surface area contributed by atoms with Gasteiger partial charge in [0.2, 0.25) is 0 Å². The highest BCUT2D eigenvalue weighted by molar-refractivity contribution is 5.78. The first kappa shape index (κ1) is 14.3. The molecule has 104 valence electrons. The number of pyridine rings is 1. The first-order chi connectivity index (χ1) is 9.81. The second-order valence-electron chi connectivity index (χ2n) is 4.61. The zero-order valence-electron chi connectivity index (χ0n) is 11.7. The number of carbonyl (C=O) groups excluding carboxylic acids is 1. The highest BCUT2D eigenvalue weighted by Crippen LogP contribution is 2.23. The van der Waals surface area contributed by atoms with Gasteiger partial charge in [-0.05, 0) is 43.0 Å². The fourth-order valence-electron chi connectivity index (χ4n) is 2.21. The van der Waals surface area contributed by atoms with E-state index in [1.807, 2.05) is 37.3 Å². The van der Waals surface area contributed by atoms with Crippen LogP contribution in [0, 0.1) is 0 Å². The van der Waals surface area contributed by atoms with Gasteiger partial charge in [-0.2, -0.15) is 0 Å². The summed E-state index contributed by atoms with van der Waals surface area (Å²) in [5.41, 5.74) is 2.20. The Balaban J connectivity index is 2.09. The molecule has 2 rings (SSSR count). The lowest BCUT2D eigenvalue weighted by molar-refractivity contribution is -0.145. The molecule has 20 heavy (non-hydrogen) atoms. The van der Waals surface area contributed by atoms with E-state index in [0.29, 0.717) is 6.61 Å². The smallest absolute Gasteiger partial charge is 0.313 e. The zero-order chi connectivity index (χ0) is 14.2. The second-order valence-corrected chi connectivity index (χ2v) is 4.61. The van der Waals surface area contributed by atoms with Crippen LogP contribution in [0.25, 0.3) is 0 Å². The first-order valence-corrected chi connectivity index (χ1v) is 6.91. The molecule has 0 aliphatic carbocycles. The molecule has 1 unspecified atom stereocenters. The summed E-state index contributed by atoms with van der Waals surface area (Å²) in [6, 6.07) is 13.9. The Bertz CT molecular complexity index is 525. The maximum Gasteiger partial charge on any atom is 0.313 e. The number of esters is 1. The SMILES string of the molecule is CCOC(=O)C(CCc1ccccc1)c1ccncc1.